The Labute approximate surface area is 157 Å². The van der Waals surface area contributed by atoms with Crippen molar-refractivity contribution in [3.63, 3.8) is 0 Å². The van der Waals surface area contributed by atoms with Crippen molar-refractivity contribution in [2.45, 2.75) is 40.3 Å². The molecule has 0 saturated heterocycles. The maximum absolute atomic E-state index is 13.1. The van der Waals surface area contributed by atoms with Crippen LogP contribution in [0.3, 0.4) is 0 Å². The van der Waals surface area contributed by atoms with Crippen molar-refractivity contribution >= 4 is 22.8 Å². The van der Waals surface area contributed by atoms with Gasteiger partial charge in [0.2, 0.25) is 5.95 Å². The first-order valence-corrected chi connectivity index (χ1v) is 9.46. The molecule has 0 bridgehead atoms. The lowest BCUT2D eigenvalue weighted by Crippen LogP contribution is -2.40. The summed E-state index contributed by atoms with van der Waals surface area (Å²) in [6, 6.07) is 8.27. The molecule has 0 N–H and O–H groups in total. The van der Waals surface area contributed by atoms with E-state index in [2.05, 4.69) is 36.9 Å². The van der Waals surface area contributed by atoms with Gasteiger partial charge in [-0.25, -0.2) is 4.79 Å². The van der Waals surface area contributed by atoms with Crippen molar-refractivity contribution in [3.8, 4) is 0 Å². The molecule has 1 atom stereocenters. The van der Waals surface area contributed by atoms with Crippen LogP contribution in [0.15, 0.2) is 33.9 Å². The van der Waals surface area contributed by atoms with Crippen molar-refractivity contribution in [1.82, 2.24) is 18.7 Å². The molecule has 7 heteroatoms. The SMILES string of the molecule is CCCn1c(=O)c2c(nc3n2C[C@@H](C)CN3c2cccc(C)c2)n(C)c1=O. The molecule has 1 aliphatic rings. The minimum Gasteiger partial charge on any atom is -0.312 e. The molecule has 0 amide bonds. The fourth-order valence-electron chi connectivity index (χ4n) is 3.94. The second-order valence-corrected chi connectivity index (χ2v) is 7.55. The van der Waals surface area contributed by atoms with Gasteiger partial charge in [0.25, 0.3) is 5.56 Å². The van der Waals surface area contributed by atoms with Gasteiger partial charge >= 0.3 is 5.69 Å². The van der Waals surface area contributed by atoms with Crippen molar-refractivity contribution in [2.24, 2.45) is 13.0 Å². The summed E-state index contributed by atoms with van der Waals surface area (Å²) in [5.41, 5.74) is 2.65. The van der Waals surface area contributed by atoms with Gasteiger partial charge in [0.1, 0.15) is 0 Å². The lowest BCUT2D eigenvalue weighted by molar-refractivity contribution is 0.457. The number of aromatic nitrogens is 4. The van der Waals surface area contributed by atoms with Crippen molar-refractivity contribution in [2.75, 3.05) is 11.4 Å². The lowest BCUT2D eigenvalue weighted by atomic mass is 10.1. The number of imidazole rings is 1. The molecule has 0 spiro atoms. The summed E-state index contributed by atoms with van der Waals surface area (Å²) in [6.45, 7) is 8.15. The molecule has 1 aromatic carbocycles. The van der Waals surface area contributed by atoms with Crippen LogP contribution in [0.4, 0.5) is 11.6 Å². The van der Waals surface area contributed by atoms with Gasteiger partial charge in [-0.15, -0.1) is 0 Å². The quantitative estimate of drug-likeness (QED) is 0.713. The monoisotopic (exact) mass is 367 g/mol. The molecule has 3 heterocycles. The number of anilines is 2. The fraction of sp³-hybridized carbons (Fsp3) is 0.450. The molecule has 0 aliphatic carbocycles. The molecule has 1 aliphatic heterocycles. The Morgan fingerprint density at radius 2 is 2.00 bits per heavy atom. The van der Waals surface area contributed by atoms with Crippen LogP contribution in [0.25, 0.3) is 11.2 Å². The Morgan fingerprint density at radius 3 is 2.70 bits per heavy atom. The van der Waals surface area contributed by atoms with Gasteiger partial charge in [0.05, 0.1) is 0 Å². The summed E-state index contributed by atoms with van der Waals surface area (Å²) in [4.78, 5) is 32.6. The second-order valence-electron chi connectivity index (χ2n) is 7.55. The van der Waals surface area contributed by atoms with E-state index in [0.29, 0.717) is 30.2 Å². The highest BCUT2D eigenvalue weighted by Crippen LogP contribution is 2.33. The van der Waals surface area contributed by atoms with Gasteiger partial charge in [-0.05, 0) is 37.0 Å². The number of hydrogen-bond donors (Lipinski definition) is 0. The molecular weight excluding hydrogens is 342 g/mol. The topological polar surface area (TPSA) is 65.1 Å². The standard InChI is InChI=1S/C20H25N5O2/c1-5-9-23-18(26)16-17(22(4)20(23)27)21-19-24(11-14(3)12-25(16)19)15-8-6-7-13(2)10-15/h6-8,10,14H,5,9,11-12H2,1-4H3/t14-/m0/s1. The highest BCUT2D eigenvalue weighted by molar-refractivity contribution is 5.77. The third kappa shape index (κ3) is 2.69. The molecule has 0 fully saturated rings. The maximum Gasteiger partial charge on any atom is 0.332 e. The van der Waals surface area contributed by atoms with Crippen molar-refractivity contribution < 1.29 is 0 Å². The highest BCUT2D eigenvalue weighted by Gasteiger charge is 2.29. The summed E-state index contributed by atoms with van der Waals surface area (Å²) in [6.07, 6.45) is 0.730. The van der Waals surface area contributed by atoms with E-state index in [1.54, 1.807) is 7.05 Å². The number of benzene rings is 1. The van der Waals surface area contributed by atoms with E-state index in [9.17, 15) is 9.59 Å². The van der Waals surface area contributed by atoms with E-state index >= 15 is 0 Å². The summed E-state index contributed by atoms with van der Waals surface area (Å²) < 4.78 is 4.81. The average molecular weight is 367 g/mol. The number of hydrogen-bond acceptors (Lipinski definition) is 4. The van der Waals surface area contributed by atoms with E-state index in [4.69, 9.17) is 4.98 Å². The highest BCUT2D eigenvalue weighted by atomic mass is 16.2. The smallest absolute Gasteiger partial charge is 0.312 e. The first kappa shape index (κ1) is 17.6. The zero-order chi connectivity index (χ0) is 19.3. The molecule has 27 heavy (non-hydrogen) atoms. The summed E-state index contributed by atoms with van der Waals surface area (Å²) in [5.74, 6) is 1.08. The van der Waals surface area contributed by atoms with Gasteiger partial charge < -0.3 is 9.47 Å². The van der Waals surface area contributed by atoms with E-state index < -0.39 is 0 Å². The number of aryl methyl sites for hydroxylation is 2. The Morgan fingerprint density at radius 1 is 1.22 bits per heavy atom. The lowest BCUT2D eigenvalue weighted by Gasteiger charge is -2.33. The third-order valence-corrected chi connectivity index (χ3v) is 5.20. The third-order valence-electron chi connectivity index (χ3n) is 5.20. The van der Waals surface area contributed by atoms with E-state index in [0.717, 1.165) is 24.6 Å². The average Bonchev–Trinajstić information content (AvgIpc) is 3.02. The van der Waals surface area contributed by atoms with Crippen molar-refractivity contribution in [1.29, 1.82) is 0 Å². The fourth-order valence-corrected chi connectivity index (χ4v) is 3.94. The number of nitrogens with zero attached hydrogens (tertiary/aromatic N) is 5. The molecule has 2 aromatic heterocycles. The molecule has 0 radical (unpaired) electrons. The number of rotatable bonds is 3. The molecule has 3 aromatic rings. The van der Waals surface area contributed by atoms with E-state index in [-0.39, 0.29) is 11.2 Å². The molecule has 4 rings (SSSR count). The van der Waals surface area contributed by atoms with Crippen LogP contribution < -0.4 is 16.1 Å². The van der Waals surface area contributed by atoms with Crippen molar-refractivity contribution in [3.05, 3.63) is 50.7 Å². The Hall–Kier alpha value is -2.83. The van der Waals surface area contributed by atoms with Crippen LogP contribution in [-0.4, -0.2) is 25.2 Å². The summed E-state index contributed by atoms with van der Waals surface area (Å²) in [5, 5.41) is 0. The zero-order valence-corrected chi connectivity index (χ0v) is 16.3. The number of fused-ring (bicyclic) bond motifs is 3. The minimum atomic E-state index is -0.306. The molecule has 142 valence electrons. The Balaban J connectivity index is 2.02. The predicted molar refractivity (Wildman–Crippen MR) is 107 cm³/mol. The van der Waals surface area contributed by atoms with Crippen LogP contribution in [0.1, 0.15) is 25.8 Å². The van der Waals surface area contributed by atoms with Gasteiger partial charge in [-0.2, -0.15) is 4.98 Å². The van der Waals surface area contributed by atoms with Gasteiger partial charge in [0.15, 0.2) is 11.2 Å². The van der Waals surface area contributed by atoms with Gasteiger partial charge in [-0.1, -0.05) is 26.0 Å². The van der Waals surface area contributed by atoms with Crippen LogP contribution in [0.2, 0.25) is 0 Å². The minimum absolute atomic E-state index is 0.244. The van der Waals surface area contributed by atoms with E-state index in [1.807, 2.05) is 17.6 Å². The molecular formula is C20H25N5O2. The normalized spacial score (nSPS) is 16.7. The van der Waals surface area contributed by atoms with Crippen LogP contribution in [-0.2, 0) is 20.1 Å². The zero-order valence-electron chi connectivity index (χ0n) is 16.3. The first-order valence-electron chi connectivity index (χ1n) is 9.46. The Kier molecular flexibility index (Phi) is 4.17. The van der Waals surface area contributed by atoms with Gasteiger partial charge in [0, 0.05) is 32.4 Å². The molecule has 7 nitrogen and oxygen atoms in total. The maximum atomic E-state index is 13.1. The van der Waals surface area contributed by atoms with E-state index in [1.165, 1.54) is 14.7 Å². The van der Waals surface area contributed by atoms with Crippen LogP contribution in [0, 0.1) is 12.8 Å². The Bertz CT molecular complexity index is 1140. The predicted octanol–water partition coefficient (Wildman–Crippen LogP) is 2.40. The largest absolute Gasteiger partial charge is 0.332 e. The molecule has 0 unspecified atom stereocenters. The molecule has 0 saturated carbocycles. The summed E-state index contributed by atoms with van der Waals surface area (Å²) >= 11 is 0. The second kappa shape index (κ2) is 6.40. The van der Waals surface area contributed by atoms with Crippen LogP contribution in [0.5, 0.6) is 0 Å². The van der Waals surface area contributed by atoms with Crippen LogP contribution >= 0.6 is 0 Å². The van der Waals surface area contributed by atoms with Gasteiger partial charge in [-0.3, -0.25) is 13.9 Å². The summed E-state index contributed by atoms with van der Waals surface area (Å²) in [7, 11) is 1.69. The first-order chi connectivity index (χ1) is 12.9.